The van der Waals surface area contributed by atoms with Crippen LogP contribution in [0.2, 0.25) is 0 Å². The summed E-state index contributed by atoms with van der Waals surface area (Å²) in [5.74, 6) is -1.56. The van der Waals surface area contributed by atoms with Crippen LogP contribution >= 0.6 is 0 Å². The lowest BCUT2D eigenvalue weighted by Gasteiger charge is -2.40. The monoisotopic (exact) mass is 937 g/mol. The molecule has 2 aromatic carbocycles. The molecule has 0 radical (unpaired) electrons. The number of rotatable bonds is 24. The first-order valence-corrected chi connectivity index (χ1v) is 22.5. The first kappa shape index (κ1) is 47.5. The van der Waals surface area contributed by atoms with E-state index in [1.165, 1.54) is 23.7 Å². The van der Waals surface area contributed by atoms with Crippen molar-refractivity contribution in [1.82, 2.24) is 40.5 Å². The van der Waals surface area contributed by atoms with Crippen molar-refractivity contribution in [2.45, 2.75) is 57.7 Å². The van der Waals surface area contributed by atoms with Gasteiger partial charge in [-0.25, -0.2) is 23.4 Å². The quantitative estimate of drug-likeness (QED) is 0.0286. The maximum Gasteiger partial charge on any atom is 0.284 e. The van der Waals surface area contributed by atoms with E-state index in [-0.39, 0.29) is 47.3 Å². The van der Waals surface area contributed by atoms with Gasteiger partial charge < -0.3 is 35.2 Å². The molecule has 5 heterocycles. The van der Waals surface area contributed by atoms with E-state index in [2.05, 4.69) is 53.3 Å². The first-order chi connectivity index (χ1) is 33.0. The molecule has 2 saturated heterocycles. The third kappa shape index (κ3) is 11.4. The number of imide groups is 2. The SMILES string of the molecule is C=N/C(=C\C(=C/C)c1nc(C(=O)Nc2cn(-c3ccc(CNCCOCCOCCN4CC(Nc5cccc6c5C(=O)N(C5CCC(=O)NC5=O)C6=O)C4)cc3)nc2C(F)F)co1)NCC1CC1. The second-order valence-corrected chi connectivity index (χ2v) is 16.8. The zero-order valence-corrected chi connectivity index (χ0v) is 37.5. The number of alkyl halides is 2. The molecule has 1 saturated carbocycles. The number of anilines is 2. The van der Waals surface area contributed by atoms with Crippen molar-refractivity contribution in [3.05, 3.63) is 107 Å². The molecule has 1 atom stereocenters. The van der Waals surface area contributed by atoms with Crippen molar-refractivity contribution in [2.75, 3.05) is 69.8 Å². The highest BCUT2D eigenvalue weighted by Crippen LogP contribution is 2.34. The summed E-state index contributed by atoms with van der Waals surface area (Å²) in [5, 5.41) is 18.7. The van der Waals surface area contributed by atoms with Gasteiger partial charge in [0.1, 0.15) is 18.1 Å². The molecule has 4 aliphatic rings. The molecule has 5 amide bonds. The maximum atomic E-state index is 14.1. The van der Waals surface area contributed by atoms with Gasteiger partial charge in [0, 0.05) is 56.9 Å². The minimum atomic E-state index is -2.95. The van der Waals surface area contributed by atoms with Gasteiger partial charge in [-0.3, -0.25) is 39.1 Å². The third-order valence-electron chi connectivity index (χ3n) is 11.9. The number of oxazole rings is 1. The number of hydrogen-bond acceptors (Lipinski definition) is 15. The predicted octanol–water partition coefficient (Wildman–Crippen LogP) is 4.32. The van der Waals surface area contributed by atoms with Gasteiger partial charge in [-0.15, -0.1) is 0 Å². The van der Waals surface area contributed by atoms with Gasteiger partial charge in [-0.2, -0.15) is 5.10 Å². The van der Waals surface area contributed by atoms with E-state index in [1.54, 1.807) is 49.4 Å². The zero-order valence-electron chi connectivity index (χ0n) is 37.5. The number of fused-ring (bicyclic) bond motifs is 1. The lowest BCUT2D eigenvalue weighted by Crippen LogP contribution is -2.55. The van der Waals surface area contributed by atoms with Crippen molar-refractivity contribution >= 4 is 53.2 Å². The molecular weight excluding hydrogens is 885 g/mol. The largest absolute Gasteiger partial charge is 0.444 e. The van der Waals surface area contributed by atoms with E-state index in [1.807, 2.05) is 12.1 Å². The fourth-order valence-electron chi connectivity index (χ4n) is 7.97. The van der Waals surface area contributed by atoms with E-state index in [9.17, 15) is 32.8 Å². The Hall–Kier alpha value is -6.94. The fourth-order valence-corrected chi connectivity index (χ4v) is 7.97. The van der Waals surface area contributed by atoms with E-state index < -0.39 is 47.7 Å². The number of amides is 5. The van der Waals surface area contributed by atoms with Crippen LogP contribution in [0.3, 0.4) is 0 Å². The second kappa shape index (κ2) is 21.8. The Morgan fingerprint density at radius 2 is 1.79 bits per heavy atom. The van der Waals surface area contributed by atoms with Crippen LogP contribution in [0, 0.1) is 5.92 Å². The summed E-state index contributed by atoms with van der Waals surface area (Å²) in [4.78, 5) is 75.1. The number of nitrogens with one attached hydrogen (secondary N) is 5. The van der Waals surface area contributed by atoms with Crippen LogP contribution < -0.4 is 26.6 Å². The minimum Gasteiger partial charge on any atom is -0.444 e. The zero-order chi connectivity index (χ0) is 47.7. The Labute approximate surface area is 390 Å². The van der Waals surface area contributed by atoms with Crippen LogP contribution in [-0.4, -0.2) is 132 Å². The molecule has 19 nitrogen and oxygen atoms in total. The van der Waals surface area contributed by atoms with Gasteiger partial charge in [0.25, 0.3) is 24.1 Å². The predicted molar refractivity (Wildman–Crippen MR) is 245 cm³/mol. The first-order valence-electron chi connectivity index (χ1n) is 22.5. The van der Waals surface area contributed by atoms with Gasteiger partial charge in [0.2, 0.25) is 17.7 Å². The number of benzene rings is 2. The smallest absolute Gasteiger partial charge is 0.284 e. The van der Waals surface area contributed by atoms with Gasteiger partial charge in [0.05, 0.1) is 61.2 Å². The fraction of sp³-hybridized carbons (Fsp3) is 0.404. The molecular formula is C47H53F2N11O8. The van der Waals surface area contributed by atoms with Crippen LogP contribution in [0.4, 0.5) is 20.2 Å². The number of aromatic nitrogens is 3. The summed E-state index contributed by atoms with van der Waals surface area (Å²) >= 11 is 0. The molecule has 358 valence electrons. The topological polar surface area (TPSA) is 227 Å². The molecule has 21 heteroatoms. The number of piperidine rings is 1. The molecule has 0 bridgehead atoms. The standard InChI is InChI=1S/C47H53F2N11O8/c1-3-30(21-38(50-2)52-23-29-7-8-29)45-55-36(27-68-45)43(62)54-35-26-59(57-41(35)42(48)49)32-11-9-28(10-12-32)22-51-15-17-66-19-20-67-18-16-58-24-31(25-58)53-34-6-4-5-33-40(34)47(65)60(46(33)64)37-13-14-39(61)56-44(37)63/h3-6,9-12,21,26-27,29,31,37,42,51-53H,2,7-8,13-20,22-25H2,1H3,(H,54,62)(H,56,61,63)/b30-3+,38-21+. The van der Waals surface area contributed by atoms with Crippen molar-refractivity contribution < 1.29 is 46.6 Å². The van der Waals surface area contributed by atoms with Crippen LogP contribution in [0.1, 0.15) is 87.4 Å². The molecule has 0 spiro atoms. The third-order valence-corrected chi connectivity index (χ3v) is 11.9. The summed E-state index contributed by atoms with van der Waals surface area (Å²) in [5.41, 5.74) is 2.22. The van der Waals surface area contributed by atoms with E-state index in [4.69, 9.17) is 13.9 Å². The molecule has 8 rings (SSSR count). The number of nitrogens with zero attached hydrogens (tertiary/aromatic N) is 6. The average molecular weight is 938 g/mol. The number of allylic oxidation sites excluding steroid dienone is 3. The van der Waals surface area contributed by atoms with Crippen molar-refractivity contribution in [3.63, 3.8) is 0 Å². The Morgan fingerprint density at radius 1 is 1.01 bits per heavy atom. The van der Waals surface area contributed by atoms with Crippen LogP contribution in [0.15, 0.2) is 82.3 Å². The molecule has 3 aliphatic heterocycles. The van der Waals surface area contributed by atoms with Crippen molar-refractivity contribution in [3.8, 4) is 5.69 Å². The number of likely N-dealkylation sites (tertiary alicyclic amines) is 1. The highest BCUT2D eigenvalue weighted by atomic mass is 19.3. The normalized spacial score (nSPS) is 17.9. The number of halogens is 2. The highest BCUT2D eigenvalue weighted by Gasteiger charge is 2.46. The van der Waals surface area contributed by atoms with Crippen molar-refractivity contribution in [1.29, 1.82) is 0 Å². The van der Waals surface area contributed by atoms with Gasteiger partial charge in [0.15, 0.2) is 11.4 Å². The van der Waals surface area contributed by atoms with Gasteiger partial charge in [-0.1, -0.05) is 24.3 Å². The van der Waals surface area contributed by atoms with Crippen molar-refractivity contribution in [2.24, 2.45) is 10.9 Å². The lowest BCUT2D eigenvalue weighted by atomic mass is 10.0. The summed E-state index contributed by atoms with van der Waals surface area (Å²) in [7, 11) is 0. The molecule has 1 aliphatic carbocycles. The molecule has 68 heavy (non-hydrogen) atoms. The number of hydrogen-bond donors (Lipinski definition) is 5. The molecule has 2 aromatic heterocycles. The van der Waals surface area contributed by atoms with E-state index in [0.29, 0.717) is 74.7 Å². The van der Waals surface area contributed by atoms with Gasteiger partial charge in [-0.05, 0) is 74.7 Å². The molecule has 1 unspecified atom stereocenters. The Bertz CT molecular complexity index is 2580. The van der Waals surface area contributed by atoms with E-state index in [0.717, 1.165) is 36.4 Å². The summed E-state index contributed by atoms with van der Waals surface area (Å²) in [6.45, 7) is 11.3. The Kier molecular flexibility index (Phi) is 15.2. The molecule has 5 N–H and O–H groups in total. The van der Waals surface area contributed by atoms with Crippen LogP contribution in [0.5, 0.6) is 0 Å². The number of carbonyl (C=O) groups is 5. The Balaban J connectivity index is 0.699. The highest BCUT2D eigenvalue weighted by molar-refractivity contribution is 6.25. The minimum absolute atomic E-state index is 0.0604. The molecule has 4 aromatic rings. The second-order valence-electron chi connectivity index (χ2n) is 16.8. The average Bonchev–Trinajstić information content (AvgIpc) is 3.73. The summed E-state index contributed by atoms with van der Waals surface area (Å²) in [6, 6.07) is 11.3. The number of aliphatic imine (C=N–C) groups is 1. The maximum absolute atomic E-state index is 14.1. The van der Waals surface area contributed by atoms with E-state index >= 15 is 0 Å². The van der Waals surface area contributed by atoms with Crippen LogP contribution in [0.25, 0.3) is 11.3 Å². The summed E-state index contributed by atoms with van der Waals surface area (Å²) in [6.07, 6.45) is 5.51. The number of ether oxygens (including phenoxy) is 2. The molecule has 3 fully saturated rings. The summed E-state index contributed by atoms with van der Waals surface area (Å²) < 4.78 is 46.4. The number of carbonyl (C=O) groups excluding carboxylic acids is 5. The van der Waals surface area contributed by atoms with Crippen LogP contribution in [-0.2, 0) is 25.6 Å². The Morgan fingerprint density at radius 3 is 2.51 bits per heavy atom. The lowest BCUT2D eigenvalue weighted by molar-refractivity contribution is -0.136. The van der Waals surface area contributed by atoms with Gasteiger partial charge >= 0.3 is 0 Å².